The molecule has 1 aliphatic heterocycles. The minimum absolute atomic E-state index is 0.200. The summed E-state index contributed by atoms with van der Waals surface area (Å²) in [5.41, 5.74) is 7.19. The van der Waals surface area contributed by atoms with E-state index in [4.69, 9.17) is 0 Å². The Balaban J connectivity index is 1.72. The second-order valence-electron chi connectivity index (χ2n) is 5.33. The number of imidazole rings is 1. The highest BCUT2D eigenvalue weighted by Crippen LogP contribution is 2.23. The SMILES string of the molecule is O=C1NN=C(c2ncc[nH]2)/C1=C\c1cc2c([nH]1)CCCC2. The molecule has 0 spiro atoms. The van der Waals surface area contributed by atoms with Crippen LogP contribution < -0.4 is 5.43 Å². The van der Waals surface area contributed by atoms with Crippen molar-refractivity contribution in [2.24, 2.45) is 5.10 Å². The minimum atomic E-state index is -0.200. The molecule has 6 nitrogen and oxygen atoms in total. The second-order valence-corrected chi connectivity index (χ2v) is 5.33. The first kappa shape index (κ1) is 12.1. The van der Waals surface area contributed by atoms with Gasteiger partial charge >= 0.3 is 0 Å². The Hall–Kier alpha value is -2.63. The van der Waals surface area contributed by atoms with Gasteiger partial charge in [-0.15, -0.1) is 0 Å². The molecule has 0 bridgehead atoms. The number of nitrogens with one attached hydrogen (secondary N) is 3. The molecule has 0 fully saturated rings. The molecule has 106 valence electrons. The van der Waals surface area contributed by atoms with Crippen LogP contribution in [0, 0.1) is 0 Å². The number of fused-ring (bicyclic) bond motifs is 1. The highest BCUT2D eigenvalue weighted by atomic mass is 16.2. The number of rotatable bonds is 2. The summed E-state index contributed by atoms with van der Waals surface area (Å²) in [4.78, 5) is 22.5. The topological polar surface area (TPSA) is 85.9 Å². The quantitative estimate of drug-likeness (QED) is 0.729. The van der Waals surface area contributed by atoms with Gasteiger partial charge < -0.3 is 9.97 Å². The van der Waals surface area contributed by atoms with Crippen LogP contribution in [0.3, 0.4) is 0 Å². The normalized spacial score (nSPS) is 19.5. The number of hydrazone groups is 1. The Bertz CT molecular complexity index is 728. The summed E-state index contributed by atoms with van der Waals surface area (Å²) in [6, 6.07) is 2.13. The summed E-state index contributed by atoms with van der Waals surface area (Å²) in [6.07, 6.45) is 9.87. The summed E-state index contributed by atoms with van der Waals surface area (Å²) in [7, 11) is 0. The van der Waals surface area contributed by atoms with Crippen LogP contribution in [0.2, 0.25) is 0 Å². The molecule has 6 heteroatoms. The number of carbonyl (C=O) groups is 1. The molecule has 1 aliphatic carbocycles. The van der Waals surface area contributed by atoms with E-state index in [0.717, 1.165) is 18.5 Å². The van der Waals surface area contributed by atoms with Crippen LogP contribution in [-0.4, -0.2) is 26.6 Å². The van der Waals surface area contributed by atoms with Crippen molar-refractivity contribution in [2.45, 2.75) is 25.7 Å². The zero-order valence-corrected chi connectivity index (χ0v) is 11.4. The van der Waals surface area contributed by atoms with Crippen LogP contribution in [-0.2, 0) is 17.6 Å². The molecule has 3 N–H and O–H groups in total. The van der Waals surface area contributed by atoms with Crippen molar-refractivity contribution < 1.29 is 4.79 Å². The maximum Gasteiger partial charge on any atom is 0.273 e. The van der Waals surface area contributed by atoms with E-state index in [0.29, 0.717) is 17.1 Å². The predicted octanol–water partition coefficient (Wildman–Crippen LogP) is 1.53. The lowest BCUT2D eigenvalue weighted by molar-refractivity contribution is -0.116. The van der Waals surface area contributed by atoms with Gasteiger partial charge in [0.15, 0.2) is 5.82 Å². The van der Waals surface area contributed by atoms with Crippen LogP contribution in [0.25, 0.3) is 6.08 Å². The molecular weight excluding hydrogens is 266 g/mol. The van der Waals surface area contributed by atoms with Crippen LogP contribution in [0.15, 0.2) is 29.1 Å². The lowest BCUT2D eigenvalue weighted by Gasteiger charge is -2.08. The average Bonchev–Trinajstić information content (AvgIpc) is 3.19. The highest BCUT2D eigenvalue weighted by Gasteiger charge is 2.26. The van der Waals surface area contributed by atoms with Crippen LogP contribution >= 0.6 is 0 Å². The molecule has 1 amide bonds. The first-order chi connectivity index (χ1) is 10.3. The molecule has 4 rings (SSSR count). The zero-order chi connectivity index (χ0) is 14.2. The molecule has 2 aliphatic rings. The fourth-order valence-electron chi connectivity index (χ4n) is 2.91. The summed E-state index contributed by atoms with van der Waals surface area (Å²) in [6.45, 7) is 0. The molecule has 0 radical (unpaired) electrons. The monoisotopic (exact) mass is 281 g/mol. The van der Waals surface area contributed by atoms with Crippen molar-refractivity contribution in [1.82, 2.24) is 20.4 Å². The van der Waals surface area contributed by atoms with Gasteiger partial charge in [-0.05, 0) is 43.4 Å². The van der Waals surface area contributed by atoms with Crippen molar-refractivity contribution in [3.8, 4) is 0 Å². The number of aromatic nitrogens is 3. The standard InChI is InChI=1S/C15H15N5O/c21-15-11(13(19-20-15)14-16-5-6-17-14)8-10-7-9-3-1-2-4-12(9)18-10/h5-8,18H,1-4H2,(H,16,17)(H,20,21)/b11-8+. The van der Waals surface area contributed by atoms with E-state index in [-0.39, 0.29) is 5.91 Å². The Labute approximate surface area is 121 Å². The maximum atomic E-state index is 12.0. The zero-order valence-electron chi connectivity index (χ0n) is 11.4. The van der Waals surface area contributed by atoms with Gasteiger partial charge in [-0.3, -0.25) is 4.79 Å². The van der Waals surface area contributed by atoms with Crippen molar-refractivity contribution in [2.75, 3.05) is 0 Å². The van der Waals surface area contributed by atoms with Gasteiger partial charge in [-0.2, -0.15) is 5.10 Å². The van der Waals surface area contributed by atoms with E-state index in [1.165, 1.54) is 24.1 Å². The molecule has 3 heterocycles. The Kier molecular flexibility index (Phi) is 2.73. The van der Waals surface area contributed by atoms with E-state index in [9.17, 15) is 4.79 Å². The number of carbonyl (C=O) groups excluding carboxylic acids is 1. The number of aromatic amines is 2. The summed E-state index contributed by atoms with van der Waals surface area (Å²) in [5, 5.41) is 4.06. The fraction of sp³-hybridized carbons (Fsp3) is 0.267. The molecule has 0 atom stereocenters. The third kappa shape index (κ3) is 2.08. The summed E-state index contributed by atoms with van der Waals surface area (Å²) < 4.78 is 0. The van der Waals surface area contributed by atoms with Crippen molar-refractivity contribution in [3.05, 3.63) is 46.8 Å². The first-order valence-electron chi connectivity index (χ1n) is 7.12. The van der Waals surface area contributed by atoms with E-state index in [1.54, 1.807) is 12.4 Å². The first-order valence-corrected chi connectivity index (χ1v) is 7.12. The van der Waals surface area contributed by atoms with E-state index in [2.05, 4.69) is 31.5 Å². The molecule has 2 aromatic rings. The lowest BCUT2D eigenvalue weighted by atomic mass is 9.98. The molecule has 0 saturated heterocycles. The molecule has 0 aromatic carbocycles. The summed E-state index contributed by atoms with van der Waals surface area (Å²) >= 11 is 0. The maximum absolute atomic E-state index is 12.0. The minimum Gasteiger partial charge on any atom is -0.359 e. The lowest BCUT2D eigenvalue weighted by Crippen LogP contribution is -2.14. The van der Waals surface area contributed by atoms with Gasteiger partial charge in [-0.1, -0.05) is 0 Å². The fourth-order valence-corrected chi connectivity index (χ4v) is 2.91. The number of nitrogens with zero attached hydrogens (tertiary/aromatic N) is 2. The number of aryl methyl sites for hydroxylation is 2. The summed E-state index contributed by atoms with van der Waals surface area (Å²) in [5.74, 6) is 0.393. The average molecular weight is 281 g/mol. The third-order valence-corrected chi connectivity index (χ3v) is 3.93. The third-order valence-electron chi connectivity index (χ3n) is 3.93. The number of hydrogen-bond acceptors (Lipinski definition) is 3. The number of H-pyrrole nitrogens is 2. The largest absolute Gasteiger partial charge is 0.359 e. The molecule has 2 aromatic heterocycles. The smallest absolute Gasteiger partial charge is 0.273 e. The van der Waals surface area contributed by atoms with Gasteiger partial charge in [-0.25, -0.2) is 10.4 Å². The van der Waals surface area contributed by atoms with Crippen molar-refractivity contribution >= 4 is 17.7 Å². The van der Waals surface area contributed by atoms with E-state index >= 15 is 0 Å². The van der Waals surface area contributed by atoms with Gasteiger partial charge in [0.05, 0.1) is 5.57 Å². The van der Waals surface area contributed by atoms with Crippen LogP contribution in [0.1, 0.15) is 35.6 Å². The van der Waals surface area contributed by atoms with Crippen LogP contribution in [0.5, 0.6) is 0 Å². The van der Waals surface area contributed by atoms with Crippen molar-refractivity contribution in [3.63, 3.8) is 0 Å². The van der Waals surface area contributed by atoms with E-state index < -0.39 is 0 Å². The molecule has 0 saturated carbocycles. The van der Waals surface area contributed by atoms with Crippen molar-refractivity contribution in [1.29, 1.82) is 0 Å². The van der Waals surface area contributed by atoms with E-state index in [1.807, 2.05) is 6.08 Å². The highest BCUT2D eigenvalue weighted by molar-refractivity contribution is 6.32. The second kappa shape index (κ2) is 4.73. The number of amides is 1. The van der Waals surface area contributed by atoms with Gasteiger partial charge in [0.2, 0.25) is 0 Å². The van der Waals surface area contributed by atoms with Crippen LogP contribution in [0.4, 0.5) is 0 Å². The molecule has 21 heavy (non-hydrogen) atoms. The number of hydrogen-bond donors (Lipinski definition) is 3. The predicted molar refractivity (Wildman–Crippen MR) is 78.7 cm³/mol. The Morgan fingerprint density at radius 2 is 2.14 bits per heavy atom. The van der Waals surface area contributed by atoms with Gasteiger partial charge in [0.1, 0.15) is 5.71 Å². The Morgan fingerprint density at radius 3 is 2.95 bits per heavy atom. The van der Waals surface area contributed by atoms with Gasteiger partial charge in [0, 0.05) is 23.8 Å². The van der Waals surface area contributed by atoms with Gasteiger partial charge in [0.25, 0.3) is 5.91 Å². The Morgan fingerprint density at radius 1 is 1.24 bits per heavy atom. The molecular formula is C15H15N5O. The molecule has 0 unspecified atom stereocenters.